The molecule has 1 aromatic rings. The van der Waals surface area contributed by atoms with Crippen LogP contribution < -0.4 is 0 Å². The average molecular weight is 238 g/mol. The van der Waals surface area contributed by atoms with E-state index >= 15 is 0 Å². The molecule has 0 heterocycles. The number of hydrogen-bond donors (Lipinski definition) is 0. The van der Waals surface area contributed by atoms with Crippen molar-refractivity contribution in [2.45, 2.75) is 19.4 Å². The van der Waals surface area contributed by atoms with Gasteiger partial charge in [0.15, 0.2) is 23.3 Å². The van der Waals surface area contributed by atoms with Crippen molar-refractivity contribution in [3.8, 4) is 0 Å². The Morgan fingerprint density at radius 1 is 1.07 bits per heavy atom. The van der Waals surface area contributed by atoms with E-state index < -0.39 is 28.9 Å². The summed E-state index contributed by atoms with van der Waals surface area (Å²) >= 11 is 0. The molecule has 0 radical (unpaired) electrons. The highest BCUT2D eigenvalue weighted by Crippen LogP contribution is 2.29. The lowest BCUT2D eigenvalue weighted by Crippen LogP contribution is -2.23. The van der Waals surface area contributed by atoms with Crippen LogP contribution in [0.25, 0.3) is 0 Å². The maximum absolute atomic E-state index is 13.3. The molecule has 1 nitrogen and oxygen atoms in total. The van der Waals surface area contributed by atoms with Gasteiger partial charge in [0.05, 0.1) is 5.60 Å². The first-order chi connectivity index (χ1) is 6.81. The quantitative estimate of drug-likeness (QED) is 0.330. The minimum absolute atomic E-state index is 0.269. The summed E-state index contributed by atoms with van der Waals surface area (Å²) in [7, 11) is 0.269. The van der Waals surface area contributed by atoms with Gasteiger partial charge in [-0.1, -0.05) is 0 Å². The fourth-order valence-electron chi connectivity index (χ4n) is 1.12. The summed E-state index contributed by atoms with van der Waals surface area (Å²) < 4.78 is 56.7. The molecule has 0 atom stereocenters. The molecule has 0 saturated heterocycles. The van der Waals surface area contributed by atoms with Gasteiger partial charge >= 0.3 is 0 Å². The lowest BCUT2D eigenvalue weighted by atomic mass is 9.97. The topological polar surface area (TPSA) is 9.23 Å². The Balaban J connectivity index is 3.45. The first kappa shape index (κ1) is 12.2. The van der Waals surface area contributed by atoms with Gasteiger partial charge in [0, 0.05) is 5.56 Å². The summed E-state index contributed by atoms with van der Waals surface area (Å²) in [6.45, 7) is 2.91. The normalized spacial score (nSPS) is 12.1. The van der Waals surface area contributed by atoms with Gasteiger partial charge in [-0.3, -0.25) is 0 Å². The van der Waals surface area contributed by atoms with Gasteiger partial charge in [0.2, 0.25) is 0 Å². The SMILES string of the molecule is CC(C)(O[SiH3])c1cc(F)c(F)c(F)c1F. The Kier molecular flexibility index (Phi) is 3.20. The van der Waals surface area contributed by atoms with Gasteiger partial charge in [-0.15, -0.1) is 0 Å². The summed E-state index contributed by atoms with van der Waals surface area (Å²) in [6, 6.07) is 0.617. The maximum atomic E-state index is 13.3. The monoisotopic (exact) mass is 238 g/mol. The van der Waals surface area contributed by atoms with E-state index in [0.29, 0.717) is 6.07 Å². The summed E-state index contributed by atoms with van der Waals surface area (Å²) in [6.07, 6.45) is 0. The molecule has 1 aromatic carbocycles. The third-order valence-corrected chi connectivity index (χ3v) is 3.28. The zero-order chi connectivity index (χ0) is 11.8. The minimum Gasteiger partial charge on any atom is -0.419 e. The Labute approximate surface area is 87.6 Å². The molecule has 0 fully saturated rings. The highest BCUT2D eigenvalue weighted by atomic mass is 28.2. The fourth-order valence-corrected chi connectivity index (χ4v) is 1.34. The van der Waals surface area contributed by atoms with Gasteiger partial charge in [-0.2, -0.15) is 0 Å². The van der Waals surface area contributed by atoms with Crippen molar-refractivity contribution in [2.75, 3.05) is 0 Å². The molecule has 0 bridgehead atoms. The largest absolute Gasteiger partial charge is 0.419 e. The van der Waals surface area contributed by atoms with Crippen LogP contribution in [0.2, 0.25) is 0 Å². The lowest BCUT2D eigenvalue weighted by molar-refractivity contribution is 0.116. The molecule has 0 aliphatic heterocycles. The Morgan fingerprint density at radius 3 is 2.07 bits per heavy atom. The van der Waals surface area contributed by atoms with E-state index in [1.807, 2.05) is 0 Å². The van der Waals surface area contributed by atoms with Gasteiger partial charge in [-0.05, 0) is 19.9 Å². The van der Waals surface area contributed by atoms with Crippen molar-refractivity contribution in [3.05, 3.63) is 34.9 Å². The van der Waals surface area contributed by atoms with Crippen LogP contribution >= 0.6 is 0 Å². The molecule has 0 aliphatic rings. The second-order valence-corrected chi connectivity index (χ2v) is 3.97. The van der Waals surface area contributed by atoms with Crippen molar-refractivity contribution >= 4 is 10.5 Å². The number of halogens is 4. The van der Waals surface area contributed by atoms with E-state index in [4.69, 9.17) is 4.43 Å². The van der Waals surface area contributed by atoms with Gasteiger partial charge < -0.3 is 4.43 Å². The van der Waals surface area contributed by atoms with Crippen LogP contribution in [0.3, 0.4) is 0 Å². The molecular formula is C9H10F4OSi. The summed E-state index contributed by atoms with van der Waals surface area (Å²) in [5.41, 5.74) is -1.49. The molecule has 0 aliphatic carbocycles. The first-order valence-corrected chi connectivity index (χ1v) is 5.01. The van der Waals surface area contributed by atoms with E-state index in [-0.39, 0.29) is 16.0 Å². The highest BCUT2D eigenvalue weighted by Gasteiger charge is 2.28. The van der Waals surface area contributed by atoms with E-state index in [2.05, 4.69) is 0 Å². The van der Waals surface area contributed by atoms with Gasteiger partial charge in [0.25, 0.3) is 0 Å². The van der Waals surface area contributed by atoms with E-state index in [1.54, 1.807) is 0 Å². The van der Waals surface area contributed by atoms with E-state index in [1.165, 1.54) is 13.8 Å². The Bertz CT molecular complexity index is 392. The smallest absolute Gasteiger partial charge is 0.197 e. The number of benzene rings is 1. The van der Waals surface area contributed by atoms with Gasteiger partial charge in [-0.25, -0.2) is 17.6 Å². The van der Waals surface area contributed by atoms with E-state index in [9.17, 15) is 17.6 Å². The van der Waals surface area contributed by atoms with Crippen LogP contribution in [0.1, 0.15) is 19.4 Å². The predicted octanol–water partition coefficient (Wildman–Crippen LogP) is 1.78. The number of hydrogen-bond acceptors (Lipinski definition) is 1. The highest BCUT2D eigenvalue weighted by molar-refractivity contribution is 5.98. The van der Waals surface area contributed by atoms with Crippen molar-refractivity contribution < 1.29 is 22.0 Å². The second-order valence-electron chi connectivity index (χ2n) is 3.56. The van der Waals surface area contributed by atoms with Crippen LogP contribution in [-0.2, 0) is 10.0 Å². The summed E-state index contributed by atoms with van der Waals surface area (Å²) in [4.78, 5) is 0. The third kappa shape index (κ3) is 2.05. The van der Waals surface area contributed by atoms with Crippen LogP contribution in [0, 0.1) is 23.3 Å². The van der Waals surface area contributed by atoms with Crippen molar-refractivity contribution in [2.24, 2.45) is 0 Å². The molecule has 6 heteroatoms. The predicted molar refractivity (Wildman–Crippen MR) is 50.3 cm³/mol. The van der Waals surface area contributed by atoms with Crippen molar-refractivity contribution in [1.82, 2.24) is 0 Å². The van der Waals surface area contributed by atoms with Gasteiger partial charge in [0.1, 0.15) is 10.5 Å². The summed E-state index contributed by atoms with van der Waals surface area (Å²) in [5, 5.41) is 0. The molecule has 84 valence electrons. The van der Waals surface area contributed by atoms with E-state index in [0.717, 1.165) is 0 Å². The minimum atomic E-state index is -1.81. The molecule has 0 aromatic heterocycles. The molecule has 0 spiro atoms. The molecular weight excluding hydrogens is 228 g/mol. The molecule has 0 amide bonds. The zero-order valence-corrected chi connectivity index (χ0v) is 10.5. The molecule has 1 rings (SSSR count). The zero-order valence-electron chi connectivity index (χ0n) is 8.50. The average Bonchev–Trinajstić information content (AvgIpc) is 2.20. The summed E-state index contributed by atoms with van der Waals surface area (Å²) in [5.74, 6) is -6.44. The fraction of sp³-hybridized carbons (Fsp3) is 0.333. The van der Waals surface area contributed by atoms with Crippen LogP contribution in [0.4, 0.5) is 17.6 Å². The standard InChI is InChI=1S/C9H10F4OSi/c1-9(2,14-15)4-3-5(10)7(12)8(13)6(4)11/h3H,1-2,15H3. The maximum Gasteiger partial charge on any atom is 0.197 e. The lowest BCUT2D eigenvalue weighted by Gasteiger charge is -2.25. The van der Waals surface area contributed by atoms with Crippen molar-refractivity contribution in [1.29, 1.82) is 0 Å². The molecule has 0 unspecified atom stereocenters. The first-order valence-electron chi connectivity index (χ1n) is 4.20. The molecule has 0 saturated carbocycles. The Morgan fingerprint density at radius 2 is 1.60 bits per heavy atom. The molecule has 15 heavy (non-hydrogen) atoms. The second kappa shape index (κ2) is 3.94. The number of rotatable bonds is 2. The van der Waals surface area contributed by atoms with Crippen LogP contribution in [0.5, 0.6) is 0 Å². The molecule has 0 N–H and O–H groups in total. The van der Waals surface area contributed by atoms with Crippen molar-refractivity contribution in [3.63, 3.8) is 0 Å². The Hall–Kier alpha value is -0.883. The van der Waals surface area contributed by atoms with Crippen LogP contribution in [0.15, 0.2) is 6.07 Å². The van der Waals surface area contributed by atoms with Crippen LogP contribution in [-0.4, -0.2) is 10.5 Å². The third-order valence-electron chi connectivity index (χ3n) is 2.26.